The quantitative estimate of drug-likeness (QED) is 0.722. The number of aryl methyl sites for hydroxylation is 2. The molecule has 100 valence electrons. The number of fused-ring (bicyclic) bond motifs is 1. The zero-order valence-corrected chi connectivity index (χ0v) is 12.0. The van der Waals surface area contributed by atoms with Gasteiger partial charge in [0.05, 0.1) is 0 Å². The Bertz CT molecular complexity index is 370. The van der Waals surface area contributed by atoms with Gasteiger partial charge < -0.3 is 5.32 Å². The van der Waals surface area contributed by atoms with Gasteiger partial charge in [-0.15, -0.1) is 0 Å². The predicted molar refractivity (Wildman–Crippen MR) is 79.1 cm³/mol. The second-order valence-electron chi connectivity index (χ2n) is 5.80. The molecule has 1 atom stereocenters. The van der Waals surface area contributed by atoms with Gasteiger partial charge in [0.15, 0.2) is 0 Å². The van der Waals surface area contributed by atoms with E-state index in [2.05, 4.69) is 37.4 Å². The average molecular weight is 245 g/mol. The first-order valence-electron chi connectivity index (χ1n) is 7.61. The van der Waals surface area contributed by atoms with Crippen LogP contribution in [0.3, 0.4) is 0 Å². The Labute approximate surface area is 112 Å². The molecule has 0 aromatic heterocycles. The van der Waals surface area contributed by atoms with Gasteiger partial charge in [-0.05, 0) is 74.2 Å². The van der Waals surface area contributed by atoms with Crippen LogP contribution in [0.25, 0.3) is 0 Å². The summed E-state index contributed by atoms with van der Waals surface area (Å²) in [7, 11) is 0. The molecule has 0 spiro atoms. The van der Waals surface area contributed by atoms with E-state index in [0.717, 1.165) is 12.5 Å². The summed E-state index contributed by atoms with van der Waals surface area (Å²) in [6, 6.07) is 7.16. The van der Waals surface area contributed by atoms with Crippen LogP contribution in [0.4, 0.5) is 0 Å². The molecule has 0 fully saturated rings. The Morgan fingerprint density at radius 2 is 2.00 bits per heavy atom. The molecule has 1 unspecified atom stereocenters. The third-order valence-corrected chi connectivity index (χ3v) is 3.99. The first kappa shape index (κ1) is 13.6. The number of rotatable bonds is 7. The highest BCUT2D eigenvalue weighted by molar-refractivity contribution is 5.35. The number of hydrogen-bond acceptors (Lipinski definition) is 1. The van der Waals surface area contributed by atoms with Crippen LogP contribution in [0.1, 0.15) is 49.8 Å². The van der Waals surface area contributed by atoms with Gasteiger partial charge in [-0.25, -0.2) is 0 Å². The smallest absolute Gasteiger partial charge is 0.00463 e. The van der Waals surface area contributed by atoms with E-state index in [1.165, 1.54) is 45.1 Å². The lowest BCUT2D eigenvalue weighted by Gasteiger charge is -2.13. The van der Waals surface area contributed by atoms with Crippen molar-refractivity contribution in [1.82, 2.24) is 5.32 Å². The molecule has 18 heavy (non-hydrogen) atoms. The maximum Gasteiger partial charge on any atom is -0.00463 e. The highest BCUT2D eigenvalue weighted by Crippen LogP contribution is 2.24. The predicted octanol–water partition coefficient (Wildman–Crippen LogP) is 3.74. The van der Waals surface area contributed by atoms with Crippen molar-refractivity contribution in [3.05, 3.63) is 34.9 Å². The fraction of sp³-hybridized carbons (Fsp3) is 0.647. The first-order valence-corrected chi connectivity index (χ1v) is 7.61. The largest absolute Gasteiger partial charge is 0.317 e. The first-order chi connectivity index (χ1) is 8.79. The van der Waals surface area contributed by atoms with Gasteiger partial charge in [0.25, 0.3) is 0 Å². The summed E-state index contributed by atoms with van der Waals surface area (Å²) in [6.45, 7) is 6.92. The van der Waals surface area contributed by atoms with E-state index in [1.54, 1.807) is 16.7 Å². The van der Waals surface area contributed by atoms with Crippen LogP contribution >= 0.6 is 0 Å². The van der Waals surface area contributed by atoms with E-state index >= 15 is 0 Å². The molecule has 0 saturated carbocycles. The van der Waals surface area contributed by atoms with Crippen molar-refractivity contribution in [3.8, 4) is 0 Å². The van der Waals surface area contributed by atoms with Gasteiger partial charge in [0, 0.05) is 0 Å². The fourth-order valence-corrected chi connectivity index (χ4v) is 2.91. The van der Waals surface area contributed by atoms with Crippen LogP contribution < -0.4 is 5.32 Å². The summed E-state index contributed by atoms with van der Waals surface area (Å²) in [4.78, 5) is 0. The molecule has 1 N–H and O–H groups in total. The summed E-state index contributed by atoms with van der Waals surface area (Å²) in [5, 5.41) is 3.49. The van der Waals surface area contributed by atoms with Crippen LogP contribution in [0.5, 0.6) is 0 Å². The molecule has 1 aliphatic rings. The molecule has 0 saturated heterocycles. The van der Waals surface area contributed by atoms with E-state index in [1.807, 2.05) is 0 Å². The molecule has 1 heteroatoms. The van der Waals surface area contributed by atoms with Crippen LogP contribution in [-0.4, -0.2) is 13.1 Å². The second kappa shape index (κ2) is 6.94. The lowest BCUT2D eigenvalue weighted by molar-refractivity contribution is 0.498. The van der Waals surface area contributed by atoms with Gasteiger partial charge in [-0.1, -0.05) is 32.0 Å². The number of benzene rings is 1. The SMILES string of the molecule is CCCNCCC(C)Cc1ccc2c(c1)CCC2. The lowest BCUT2D eigenvalue weighted by atomic mass is 9.96. The normalized spacial score (nSPS) is 15.7. The minimum absolute atomic E-state index is 0.786. The maximum absolute atomic E-state index is 3.49. The molecular formula is C17H27N. The van der Waals surface area contributed by atoms with Crippen molar-refractivity contribution >= 4 is 0 Å². The summed E-state index contributed by atoms with van der Waals surface area (Å²) in [5.41, 5.74) is 4.75. The molecule has 0 radical (unpaired) electrons. The Balaban J connectivity index is 1.78. The minimum Gasteiger partial charge on any atom is -0.317 e. The third kappa shape index (κ3) is 3.84. The molecule has 0 aliphatic heterocycles. The van der Waals surface area contributed by atoms with Crippen molar-refractivity contribution in [2.45, 2.75) is 52.4 Å². The van der Waals surface area contributed by atoms with E-state index in [4.69, 9.17) is 0 Å². The number of nitrogens with one attached hydrogen (secondary N) is 1. The van der Waals surface area contributed by atoms with Crippen molar-refractivity contribution in [1.29, 1.82) is 0 Å². The molecule has 0 amide bonds. The Hall–Kier alpha value is -0.820. The van der Waals surface area contributed by atoms with E-state index < -0.39 is 0 Å². The topological polar surface area (TPSA) is 12.0 Å². The Morgan fingerprint density at radius 3 is 2.83 bits per heavy atom. The molecule has 0 heterocycles. The Kier molecular flexibility index (Phi) is 5.25. The summed E-state index contributed by atoms with van der Waals surface area (Å²) in [6.07, 6.45) is 7.72. The monoisotopic (exact) mass is 245 g/mol. The third-order valence-electron chi connectivity index (χ3n) is 3.99. The van der Waals surface area contributed by atoms with Crippen LogP contribution in [0, 0.1) is 5.92 Å². The molecular weight excluding hydrogens is 218 g/mol. The Morgan fingerprint density at radius 1 is 1.17 bits per heavy atom. The summed E-state index contributed by atoms with van der Waals surface area (Å²) < 4.78 is 0. The average Bonchev–Trinajstić information content (AvgIpc) is 2.82. The molecule has 0 bridgehead atoms. The molecule has 1 aromatic rings. The van der Waals surface area contributed by atoms with Gasteiger partial charge in [0.1, 0.15) is 0 Å². The van der Waals surface area contributed by atoms with Crippen LogP contribution in [0.2, 0.25) is 0 Å². The van der Waals surface area contributed by atoms with Crippen molar-refractivity contribution < 1.29 is 0 Å². The summed E-state index contributed by atoms with van der Waals surface area (Å²) >= 11 is 0. The highest BCUT2D eigenvalue weighted by Gasteiger charge is 2.11. The van der Waals surface area contributed by atoms with Gasteiger partial charge in [-0.3, -0.25) is 0 Å². The van der Waals surface area contributed by atoms with Crippen molar-refractivity contribution in [2.24, 2.45) is 5.92 Å². The van der Waals surface area contributed by atoms with Crippen LogP contribution in [-0.2, 0) is 19.3 Å². The molecule has 1 nitrogen and oxygen atoms in total. The van der Waals surface area contributed by atoms with Gasteiger partial charge >= 0.3 is 0 Å². The second-order valence-corrected chi connectivity index (χ2v) is 5.80. The standard InChI is InChI=1S/C17H27N/c1-3-10-18-11-9-14(2)12-15-7-8-16-5-4-6-17(16)13-15/h7-8,13-14,18H,3-6,9-12H2,1-2H3. The van der Waals surface area contributed by atoms with E-state index in [9.17, 15) is 0 Å². The van der Waals surface area contributed by atoms with E-state index in [-0.39, 0.29) is 0 Å². The van der Waals surface area contributed by atoms with Gasteiger partial charge in [-0.2, -0.15) is 0 Å². The maximum atomic E-state index is 3.49. The zero-order chi connectivity index (χ0) is 12.8. The minimum atomic E-state index is 0.786. The van der Waals surface area contributed by atoms with Crippen molar-refractivity contribution in [3.63, 3.8) is 0 Å². The lowest BCUT2D eigenvalue weighted by Crippen LogP contribution is -2.18. The van der Waals surface area contributed by atoms with Crippen molar-refractivity contribution in [2.75, 3.05) is 13.1 Å². The van der Waals surface area contributed by atoms with Gasteiger partial charge in [0.2, 0.25) is 0 Å². The molecule has 1 aliphatic carbocycles. The molecule has 2 rings (SSSR count). The number of hydrogen-bond donors (Lipinski definition) is 1. The summed E-state index contributed by atoms with van der Waals surface area (Å²) in [5.74, 6) is 0.786. The fourth-order valence-electron chi connectivity index (χ4n) is 2.91. The highest BCUT2D eigenvalue weighted by atomic mass is 14.8. The van der Waals surface area contributed by atoms with E-state index in [0.29, 0.717) is 0 Å². The zero-order valence-electron chi connectivity index (χ0n) is 12.0. The molecule has 1 aromatic carbocycles. The van der Waals surface area contributed by atoms with Crippen LogP contribution in [0.15, 0.2) is 18.2 Å².